The van der Waals surface area contributed by atoms with Crippen LogP contribution in [0.2, 0.25) is 0 Å². The lowest BCUT2D eigenvalue weighted by Gasteiger charge is -2.43. The fraction of sp³-hybridized carbons (Fsp3) is 0.667. The first kappa shape index (κ1) is 12.2. The van der Waals surface area contributed by atoms with E-state index in [1.807, 2.05) is 11.6 Å². The molecule has 0 aromatic heterocycles. The minimum Gasteiger partial charge on any atom is -0.301 e. The number of carbonyl (C=O) groups excluding carboxylic acids is 1. The van der Waals surface area contributed by atoms with Crippen molar-refractivity contribution in [2.75, 3.05) is 5.75 Å². The van der Waals surface area contributed by atoms with Crippen molar-refractivity contribution in [2.45, 2.75) is 31.8 Å². The molecule has 0 spiro atoms. The van der Waals surface area contributed by atoms with Crippen molar-refractivity contribution in [1.29, 1.82) is 0 Å². The second-order valence-electron chi connectivity index (χ2n) is 4.08. The van der Waals surface area contributed by atoms with Crippen LogP contribution in [0.1, 0.15) is 20.3 Å². The molecule has 0 aromatic carbocycles. The van der Waals surface area contributed by atoms with Gasteiger partial charge in [-0.25, -0.2) is 8.42 Å². The van der Waals surface area contributed by atoms with Crippen molar-refractivity contribution in [2.24, 2.45) is 0 Å². The van der Waals surface area contributed by atoms with Gasteiger partial charge in [-0.2, -0.15) is 0 Å². The molecule has 0 radical (unpaired) electrons. The van der Waals surface area contributed by atoms with Gasteiger partial charge >= 0.3 is 0 Å². The number of hydrogen-bond acceptors (Lipinski definition) is 4. The summed E-state index contributed by atoms with van der Waals surface area (Å²) < 4.78 is 24.6. The van der Waals surface area contributed by atoms with Gasteiger partial charge in [-0.15, -0.1) is 6.58 Å². The van der Waals surface area contributed by atoms with E-state index in [2.05, 4.69) is 11.9 Å². The molecule has 1 rings (SSSR count). The maximum atomic E-state index is 11.6. The van der Waals surface area contributed by atoms with Gasteiger partial charge in [-0.1, -0.05) is 6.08 Å². The number of hydrogen-bond donors (Lipinski definition) is 2. The molecule has 6 heteroatoms. The predicted octanol–water partition coefficient (Wildman–Crippen LogP) is -0.241. The van der Waals surface area contributed by atoms with Crippen LogP contribution in [0, 0.1) is 0 Å². The highest BCUT2D eigenvalue weighted by molar-refractivity contribution is 7.90. The molecule has 2 N–H and O–H groups in total. The summed E-state index contributed by atoms with van der Waals surface area (Å²) in [5.41, 5.74) is -0.756. The predicted molar refractivity (Wildman–Crippen MR) is 57.7 cm³/mol. The van der Waals surface area contributed by atoms with E-state index < -0.39 is 21.5 Å². The van der Waals surface area contributed by atoms with E-state index in [1.165, 1.54) is 6.08 Å². The highest BCUT2D eigenvalue weighted by Gasteiger charge is 2.44. The van der Waals surface area contributed by atoms with Crippen molar-refractivity contribution >= 4 is 15.9 Å². The third-order valence-electron chi connectivity index (χ3n) is 2.37. The lowest BCUT2D eigenvalue weighted by atomic mass is 9.84. The monoisotopic (exact) mass is 232 g/mol. The van der Waals surface area contributed by atoms with E-state index in [-0.39, 0.29) is 11.8 Å². The zero-order valence-corrected chi connectivity index (χ0v) is 9.73. The smallest absolute Gasteiger partial charge is 0.253 e. The van der Waals surface area contributed by atoms with Crippen molar-refractivity contribution in [3.8, 4) is 0 Å². The van der Waals surface area contributed by atoms with Gasteiger partial charge in [0.05, 0.1) is 11.3 Å². The second kappa shape index (κ2) is 3.94. The topological polar surface area (TPSA) is 75.3 Å². The van der Waals surface area contributed by atoms with Crippen molar-refractivity contribution in [3.63, 3.8) is 0 Å². The minimum atomic E-state index is -3.57. The lowest BCUT2D eigenvalue weighted by molar-refractivity contribution is -0.129. The number of rotatable bonds is 4. The molecule has 0 aliphatic carbocycles. The molecule has 86 valence electrons. The maximum absolute atomic E-state index is 11.6. The number of amides is 1. The Morgan fingerprint density at radius 1 is 1.73 bits per heavy atom. The van der Waals surface area contributed by atoms with E-state index in [0.29, 0.717) is 6.42 Å². The van der Waals surface area contributed by atoms with Gasteiger partial charge in [-0.3, -0.25) is 9.52 Å². The first-order chi connectivity index (χ1) is 6.79. The Hall–Kier alpha value is -0.880. The summed E-state index contributed by atoms with van der Waals surface area (Å²) in [5, 5.41) is 2.98. The summed E-state index contributed by atoms with van der Waals surface area (Å²) in [5.74, 6) is -0.743. The van der Waals surface area contributed by atoms with Gasteiger partial charge < -0.3 is 5.32 Å². The van der Waals surface area contributed by atoms with E-state index in [0.717, 1.165) is 0 Å². The van der Waals surface area contributed by atoms with Crippen LogP contribution < -0.4 is 10.0 Å². The molecule has 2 atom stereocenters. The molecule has 0 saturated carbocycles. The van der Waals surface area contributed by atoms with Gasteiger partial charge in [0, 0.05) is 6.04 Å². The van der Waals surface area contributed by atoms with E-state index in [4.69, 9.17) is 0 Å². The molecule has 0 aromatic rings. The van der Waals surface area contributed by atoms with Gasteiger partial charge in [-0.05, 0) is 20.3 Å². The number of nitrogens with one attached hydrogen (secondary N) is 2. The van der Waals surface area contributed by atoms with Crippen LogP contribution in [0.25, 0.3) is 0 Å². The number of sulfonamides is 1. The molecular formula is C9H16N2O3S. The average Bonchev–Trinajstić information content (AvgIpc) is 2.00. The summed E-state index contributed by atoms with van der Waals surface area (Å²) in [6, 6.07) is 0.253. The Kier molecular flexibility index (Phi) is 3.20. The quantitative estimate of drug-likeness (QED) is 0.656. The summed E-state index contributed by atoms with van der Waals surface area (Å²) in [6.45, 7) is 6.94. The molecule has 1 amide bonds. The van der Waals surface area contributed by atoms with Gasteiger partial charge in [0.15, 0.2) is 0 Å². The fourth-order valence-electron chi connectivity index (χ4n) is 1.74. The third-order valence-corrected chi connectivity index (χ3v) is 3.54. The van der Waals surface area contributed by atoms with Crippen LogP contribution in [0.4, 0.5) is 0 Å². The Morgan fingerprint density at radius 2 is 2.27 bits per heavy atom. The fourth-order valence-corrected chi connectivity index (χ4v) is 2.65. The second-order valence-corrected chi connectivity index (χ2v) is 5.85. The summed E-state index contributed by atoms with van der Waals surface area (Å²) in [7, 11) is -3.57. The molecular weight excluding hydrogens is 216 g/mol. The lowest BCUT2D eigenvalue weighted by Crippen LogP contribution is -2.68. The van der Waals surface area contributed by atoms with Crippen LogP contribution in [-0.4, -0.2) is 31.7 Å². The van der Waals surface area contributed by atoms with E-state index in [9.17, 15) is 13.2 Å². The highest BCUT2D eigenvalue weighted by atomic mass is 32.2. The number of carbonyl (C=O) groups is 1. The molecule has 1 heterocycles. The zero-order valence-electron chi connectivity index (χ0n) is 8.91. The Labute approximate surface area is 90.0 Å². The third kappa shape index (κ3) is 2.79. The maximum Gasteiger partial charge on any atom is 0.253 e. The van der Waals surface area contributed by atoms with Crippen molar-refractivity contribution < 1.29 is 13.2 Å². The van der Waals surface area contributed by atoms with Crippen LogP contribution >= 0.6 is 0 Å². The van der Waals surface area contributed by atoms with Crippen LogP contribution in [0.3, 0.4) is 0 Å². The zero-order chi connectivity index (χ0) is 11.7. The Balaban J connectivity index is 2.60. The molecule has 1 saturated heterocycles. The molecule has 5 nitrogen and oxygen atoms in total. The SMILES string of the molecule is C=CCS(=O)(=O)NC(=O)C1(C)CC(C)N1. The summed E-state index contributed by atoms with van der Waals surface area (Å²) >= 11 is 0. The van der Waals surface area contributed by atoms with Crippen LogP contribution in [0.15, 0.2) is 12.7 Å². The molecule has 1 aliphatic heterocycles. The van der Waals surface area contributed by atoms with E-state index in [1.54, 1.807) is 6.92 Å². The van der Waals surface area contributed by atoms with Crippen molar-refractivity contribution in [1.82, 2.24) is 10.0 Å². The standard InChI is InChI=1S/C9H16N2O3S/c1-4-5-15(13,14)11-8(12)9(3)6-7(2)10-9/h4,7,10H,1,5-6H2,2-3H3,(H,11,12). The van der Waals surface area contributed by atoms with E-state index >= 15 is 0 Å². The first-order valence-corrected chi connectivity index (χ1v) is 6.38. The Morgan fingerprint density at radius 3 is 2.67 bits per heavy atom. The molecule has 1 fully saturated rings. The van der Waals surface area contributed by atoms with Crippen LogP contribution in [0.5, 0.6) is 0 Å². The van der Waals surface area contributed by atoms with Gasteiger partial charge in [0.25, 0.3) is 5.91 Å². The minimum absolute atomic E-state index is 0.246. The molecule has 0 bridgehead atoms. The summed E-state index contributed by atoms with van der Waals surface area (Å²) in [4.78, 5) is 11.6. The Bertz CT molecular complexity index is 369. The normalized spacial score (nSPS) is 30.4. The highest BCUT2D eigenvalue weighted by Crippen LogP contribution is 2.24. The van der Waals surface area contributed by atoms with Gasteiger partial charge in [0.1, 0.15) is 0 Å². The molecule has 1 aliphatic rings. The first-order valence-electron chi connectivity index (χ1n) is 4.72. The molecule has 15 heavy (non-hydrogen) atoms. The van der Waals surface area contributed by atoms with Gasteiger partial charge in [0.2, 0.25) is 10.0 Å². The van der Waals surface area contributed by atoms with Crippen molar-refractivity contribution in [3.05, 3.63) is 12.7 Å². The molecule has 2 unspecified atom stereocenters. The summed E-state index contributed by atoms with van der Waals surface area (Å²) in [6.07, 6.45) is 1.89. The van der Waals surface area contributed by atoms with Crippen LogP contribution in [-0.2, 0) is 14.8 Å². The average molecular weight is 232 g/mol. The largest absolute Gasteiger partial charge is 0.301 e.